The highest BCUT2D eigenvalue weighted by Crippen LogP contribution is 2.12. The van der Waals surface area contributed by atoms with E-state index in [4.69, 9.17) is 14.2 Å². The number of rotatable bonds is 41. The first kappa shape index (κ1) is 53.1. The standard InChI is InChI=1S/C51H86O5/c1-4-7-10-13-16-19-22-25-26-28-29-32-35-38-41-44-50(52)55-48-49(47-54-46-43-40-37-34-31-24-21-18-15-12-9-6-3)56-51(53)45-42-39-36-33-30-27-23-20-17-14-11-8-5-2/h7-8,10-11,15-20,25-27,30,49H,4-6,9,12-14,21-24,28-29,31-48H2,1-3H3/b10-7-,11-8-,18-15-,19-16-,20-17-,26-25-,30-27-. The lowest BCUT2D eigenvalue weighted by molar-refractivity contribution is -0.163. The predicted molar refractivity (Wildman–Crippen MR) is 242 cm³/mol. The third kappa shape index (κ3) is 43.8. The zero-order chi connectivity index (χ0) is 40.7. The third-order valence-electron chi connectivity index (χ3n) is 9.40. The maximum Gasteiger partial charge on any atom is 0.306 e. The molecule has 1 atom stereocenters. The molecule has 0 radical (unpaired) electrons. The summed E-state index contributed by atoms with van der Waals surface area (Å²) < 4.78 is 17.3. The molecule has 1 unspecified atom stereocenters. The Bertz CT molecular complexity index is 1060. The van der Waals surface area contributed by atoms with Crippen LogP contribution in [0.2, 0.25) is 0 Å². The monoisotopic (exact) mass is 779 g/mol. The van der Waals surface area contributed by atoms with E-state index in [1.54, 1.807) is 0 Å². The molecule has 5 heteroatoms. The SMILES string of the molecule is CC/C=C\C/C=C\C/C=C\CCCCCCCC(=O)OCC(COCCCCCCCC/C=C\CCCC)OC(=O)CCCCC/C=C\C/C=C\C/C=C\CC. The number of carbonyl (C=O) groups is 2. The second-order valence-electron chi connectivity index (χ2n) is 14.9. The second-order valence-corrected chi connectivity index (χ2v) is 14.9. The molecule has 0 N–H and O–H groups in total. The Hall–Kier alpha value is -2.92. The number of unbranched alkanes of at least 4 members (excludes halogenated alkanes) is 16. The van der Waals surface area contributed by atoms with E-state index < -0.39 is 6.10 Å². The highest BCUT2D eigenvalue weighted by atomic mass is 16.6. The van der Waals surface area contributed by atoms with E-state index >= 15 is 0 Å². The second kappa shape index (κ2) is 46.5. The van der Waals surface area contributed by atoms with Crippen LogP contribution < -0.4 is 0 Å². The molecule has 0 aromatic rings. The van der Waals surface area contributed by atoms with Crippen molar-refractivity contribution < 1.29 is 23.8 Å². The van der Waals surface area contributed by atoms with Crippen molar-refractivity contribution in [3.05, 3.63) is 85.1 Å². The molecular weight excluding hydrogens is 693 g/mol. The van der Waals surface area contributed by atoms with Crippen LogP contribution in [0.25, 0.3) is 0 Å². The van der Waals surface area contributed by atoms with Crippen molar-refractivity contribution in [3.8, 4) is 0 Å². The van der Waals surface area contributed by atoms with Gasteiger partial charge in [-0.15, -0.1) is 0 Å². The van der Waals surface area contributed by atoms with Gasteiger partial charge < -0.3 is 14.2 Å². The van der Waals surface area contributed by atoms with Crippen LogP contribution in [0.3, 0.4) is 0 Å². The molecule has 0 aromatic heterocycles. The topological polar surface area (TPSA) is 61.8 Å². The highest BCUT2D eigenvalue weighted by molar-refractivity contribution is 5.70. The Morgan fingerprint density at radius 2 is 0.804 bits per heavy atom. The van der Waals surface area contributed by atoms with Gasteiger partial charge in [0.05, 0.1) is 6.61 Å². The average molecular weight is 779 g/mol. The van der Waals surface area contributed by atoms with Gasteiger partial charge in [-0.25, -0.2) is 0 Å². The number of esters is 2. The van der Waals surface area contributed by atoms with Gasteiger partial charge in [0, 0.05) is 19.4 Å². The lowest BCUT2D eigenvalue weighted by Gasteiger charge is -2.18. The number of allylic oxidation sites excluding steroid dienone is 14. The zero-order valence-corrected chi connectivity index (χ0v) is 36.6. The van der Waals surface area contributed by atoms with E-state index in [0.717, 1.165) is 103 Å². The van der Waals surface area contributed by atoms with Gasteiger partial charge >= 0.3 is 11.9 Å². The van der Waals surface area contributed by atoms with Gasteiger partial charge in [-0.1, -0.05) is 170 Å². The van der Waals surface area contributed by atoms with Gasteiger partial charge in [0.25, 0.3) is 0 Å². The molecule has 0 fully saturated rings. The largest absolute Gasteiger partial charge is 0.462 e. The van der Waals surface area contributed by atoms with E-state index in [1.165, 1.54) is 64.2 Å². The summed E-state index contributed by atoms with van der Waals surface area (Å²) in [5.74, 6) is -0.459. The Labute approximate surface area is 346 Å². The predicted octanol–water partition coefficient (Wildman–Crippen LogP) is 15.3. The van der Waals surface area contributed by atoms with Crippen LogP contribution in [0.15, 0.2) is 85.1 Å². The quantitative estimate of drug-likeness (QED) is 0.0351. The van der Waals surface area contributed by atoms with Gasteiger partial charge in [0.15, 0.2) is 6.10 Å². The molecule has 5 nitrogen and oxygen atoms in total. The Morgan fingerprint density at radius 3 is 1.32 bits per heavy atom. The third-order valence-corrected chi connectivity index (χ3v) is 9.40. The molecule has 56 heavy (non-hydrogen) atoms. The Kier molecular flexibility index (Phi) is 44.0. The molecule has 0 aliphatic rings. The van der Waals surface area contributed by atoms with E-state index in [9.17, 15) is 9.59 Å². The minimum atomic E-state index is -0.563. The molecule has 0 aliphatic carbocycles. The van der Waals surface area contributed by atoms with Crippen LogP contribution >= 0.6 is 0 Å². The van der Waals surface area contributed by atoms with E-state index in [-0.39, 0.29) is 25.2 Å². The Morgan fingerprint density at radius 1 is 0.411 bits per heavy atom. The Balaban J connectivity index is 4.35. The summed E-state index contributed by atoms with van der Waals surface area (Å²) in [6, 6.07) is 0. The number of carbonyl (C=O) groups excluding carboxylic acids is 2. The van der Waals surface area contributed by atoms with Crippen molar-refractivity contribution in [3.63, 3.8) is 0 Å². The molecule has 0 saturated carbocycles. The number of hydrogen-bond acceptors (Lipinski definition) is 5. The fourth-order valence-electron chi connectivity index (χ4n) is 5.99. The van der Waals surface area contributed by atoms with Crippen LogP contribution in [0, 0.1) is 0 Å². The van der Waals surface area contributed by atoms with Crippen LogP contribution in [0.4, 0.5) is 0 Å². The molecule has 0 aromatic carbocycles. The summed E-state index contributed by atoms with van der Waals surface area (Å²) in [5, 5.41) is 0. The molecule has 320 valence electrons. The molecule has 0 amide bonds. The molecular formula is C51H86O5. The smallest absolute Gasteiger partial charge is 0.306 e. The summed E-state index contributed by atoms with van der Waals surface area (Å²) in [6.45, 7) is 7.49. The molecule has 0 rings (SSSR count). The van der Waals surface area contributed by atoms with Crippen molar-refractivity contribution in [2.24, 2.45) is 0 Å². The summed E-state index contributed by atoms with van der Waals surface area (Å²) >= 11 is 0. The van der Waals surface area contributed by atoms with Gasteiger partial charge in [-0.2, -0.15) is 0 Å². The van der Waals surface area contributed by atoms with E-state index in [2.05, 4.69) is 106 Å². The minimum absolute atomic E-state index is 0.0581. The van der Waals surface area contributed by atoms with Gasteiger partial charge in [-0.3, -0.25) is 9.59 Å². The molecule has 0 aliphatic heterocycles. The number of hydrogen-bond donors (Lipinski definition) is 0. The van der Waals surface area contributed by atoms with Crippen molar-refractivity contribution in [1.82, 2.24) is 0 Å². The molecule has 0 spiro atoms. The van der Waals surface area contributed by atoms with Crippen molar-refractivity contribution in [1.29, 1.82) is 0 Å². The van der Waals surface area contributed by atoms with Crippen LogP contribution in [0.5, 0.6) is 0 Å². The van der Waals surface area contributed by atoms with E-state index in [0.29, 0.717) is 19.4 Å². The first-order valence-corrected chi connectivity index (χ1v) is 23.1. The summed E-state index contributed by atoms with van der Waals surface area (Å²) in [7, 11) is 0. The van der Waals surface area contributed by atoms with Crippen LogP contribution in [-0.2, 0) is 23.8 Å². The zero-order valence-electron chi connectivity index (χ0n) is 36.6. The fraction of sp³-hybridized carbons (Fsp3) is 0.686. The summed E-state index contributed by atoms with van der Waals surface area (Å²) in [6.07, 6.45) is 60.1. The van der Waals surface area contributed by atoms with Crippen molar-refractivity contribution in [2.75, 3.05) is 19.8 Å². The first-order valence-electron chi connectivity index (χ1n) is 23.1. The summed E-state index contributed by atoms with van der Waals surface area (Å²) in [5.41, 5.74) is 0. The molecule has 0 saturated heterocycles. The maximum absolute atomic E-state index is 12.7. The minimum Gasteiger partial charge on any atom is -0.462 e. The average Bonchev–Trinajstić information content (AvgIpc) is 3.20. The van der Waals surface area contributed by atoms with Crippen molar-refractivity contribution >= 4 is 11.9 Å². The van der Waals surface area contributed by atoms with Crippen LogP contribution in [0.1, 0.15) is 201 Å². The molecule has 0 bridgehead atoms. The summed E-state index contributed by atoms with van der Waals surface area (Å²) in [4.78, 5) is 25.3. The normalized spacial score (nSPS) is 13.0. The fourth-order valence-corrected chi connectivity index (χ4v) is 5.99. The van der Waals surface area contributed by atoms with Gasteiger partial charge in [0.1, 0.15) is 6.61 Å². The lowest BCUT2D eigenvalue weighted by Crippen LogP contribution is -2.30. The lowest BCUT2D eigenvalue weighted by atomic mass is 10.1. The van der Waals surface area contributed by atoms with E-state index in [1.807, 2.05) is 0 Å². The first-order chi connectivity index (χ1) is 27.6. The highest BCUT2D eigenvalue weighted by Gasteiger charge is 2.17. The molecule has 0 heterocycles. The van der Waals surface area contributed by atoms with Crippen LogP contribution in [-0.4, -0.2) is 37.9 Å². The number of ether oxygens (including phenoxy) is 3. The maximum atomic E-state index is 12.7. The van der Waals surface area contributed by atoms with Crippen molar-refractivity contribution in [2.45, 2.75) is 207 Å². The van der Waals surface area contributed by atoms with Gasteiger partial charge in [0.2, 0.25) is 0 Å². The van der Waals surface area contributed by atoms with Gasteiger partial charge in [-0.05, 0) is 103 Å².